The van der Waals surface area contributed by atoms with Gasteiger partial charge in [-0.1, -0.05) is 15.9 Å². The molecule has 0 aromatic heterocycles. The van der Waals surface area contributed by atoms with Crippen LogP contribution in [0.5, 0.6) is 0 Å². The van der Waals surface area contributed by atoms with E-state index in [0.29, 0.717) is 18.4 Å². The predicted molar refractivity (Wildman–Crippen MR) is 43.7 cm³/mol. The lowest BCUT2D eigenvalue weighted by Gasteiger charge is -2.46. The first-order chi connectivity index (χ1) is 5.29. The molecule has 0 radical (unpaired) electrons. The van der Waals surface area contributed by atoms with E-state index in [1.807, 2.05) is 0 Å². The van der Waals surface area contributed by atoms with Crippen molar-refractivity contribution in [1.29, 1.82) is 0 Å². The zero-order valence-electron chi connectivity index (χ0n) is 6.12. The summed E-state index contributed by atoms with van der Waals surface area (Å²) in [5.41, 5.74) is -0.207. The Labute approximate surface area is 73.9 Å². The number of hydrogen-bond acceptors (Lipinski definition) is 3. The third kappa shape index (κ3) is 1.48. The topological polar surface area (TPSA) is 46.5 Å². The highest BCUT2D eigenvalue weighted by Crippen LogP contribution is 2.37. The fourth-order valence-corrected chi connectivity index (χ4v) is 1.86. The van der Waals surface area contributed by atoms with Gasteiger partial charge in [0, 0.05) is 11.8 Å². The molecule has 2 atom stereocenters. The molecule has 1 aliphatic rings. The predicted octanol–water partition coefficient (Wildman–Crippen LogP) is 0.348. The minimum Gasteiger partial charge on any atom is -0.396 e. The summed E-state index contributed by atoms with van der Waals surface area (Å²) in [6.45, 7) is 0.629. The van der Waals surface area contributed by atoms with Crippen molar-refractivity contribution in [3.05, 3.63) is 0 Å². The molecule has 0 saturated carbocycles. The van der Waals surface area contributed by atoms with Crippen molar-refractivity contribution < 1.29 is 14.6 Å². The number of aliphatic hydroxyl groups excluding tert-OH is 1. The molecule has 1 N–H and O–H groups in total. The third-order valence-electron chi connectivity index (χ3n) is 2.15. The van der Waals surface area contributed by atoms with Crippen molar-refractivity contribution in [2.75, 3.05) is 18.5 Å². The number of aliphatic hydroxyl groups is 1. The van der Waals surface area contributed by atoms with E-state index < -0.39 is 0 Å². The number of carbonyl (C=O) groups is 1. The van der Waals surface area contributed by atoms with Crippen LogP contribution in [0.3, 0.4) is 0 Å². The second kappa shape index (κ2) is 3.65. The Kier molecular flexibility index (Phi) is 3.04. The van der Waals surface area contributed by atoms with E-state index in [1.54, 1.807) is 0 Å². The number of ether oxygens (including phenoxy) is 1. The van der Waals surface area contributed by atoms with Crippen molar-refractivity contribution >= 4 is 22.2 Å². The molecule has 1 aliphatic heterocycles. The van der Waals surface area contributed by atoms with Gasteiger partial charge in [-0.05, 0) is 0 Å². The summed E-state index contributed by atoms with van der Waals surface area (Å²) in [7, 11) is 0. The first kappa shape index (κ1) is 9.16. The fraction of sp³-hybridized carbons (Fsp3) is 0.857. The molecule has 4 heteroatoms. The summed E-state index contributed by atoms with van der Waals surface area (Å²) in [6.07, 6.45) is 1.12. The number of aldehydes is 1. The SMILES string of the molecule is O=CCC1OCC1(CO)CBr. The number of carbonyl (C=O) groups excluding carboxylic acids is 1. The monoisotopic (exact) mass is 222 g/mol. The van der Waals surface area contributed by atoms with Gasteiger partial charge >= 0.3 is 0 Å². The second-order valence-electron chi connectivity index (χ2n) is 2.86. The Morgan fingerprint density at radius 1 is 1.82 bits per heavy atom. The van der Waals surface area contributed by atoms with Crippen LogP contribution < -0.4 is 0 Å². The van der Waals surface area contributed by atoms with Gasteiger partial charge < -0.3 is 14.6 Å². The Morgan fingerprint density at radius 2 is 2.55 bits per heavy atom. The lowest BCUT2D eigenvalue weighted by Crippen LogP contribution is -2.55. The van der Waals surface area contributed by atoms with Gasteiger partial charge in [0.2, 0.25) is 0 Å². The molecule has 3 nitrogen and oxygen atoms in total. The standard InChI is InChI=1S/C7H11BrO3/c8-3-7(4-10)5-11-6(7)1-2-9/h2,6,10H,1,3-5H2. The van der Waals surface area contributed by atoms with Gasteiger partial charge in [-0.2, -0.15) is 0 Å². The molecule has 1 saturated heterocycles. The lowest BCUT2D eigenvalue weighted by atomic mass is 9.80. The molecule has 64 valence electrons. The van der Waals surface area contributed by atoms with Crippen LogP contribution in [0.1, 0.15) is 6.42 Å². The molecule has 2 unspecified atom stereocenters. The number of halogens is 1. The van der Waals surface area contributed by atoms with Gasteiger partial charge in [-0.25, -0.2) is 0 Å². The smallest absolute Gasteiger partial charge is 0.122 e. The average Bonchev–Trinajstić information content (AvgIpc) is 2.01. The van der Waals surface area contributed by atoms with E-state index >= 15 is 0 Å². The van der Waals surface area contributed by atoms with E-state index in [1.165, 1.54) is 0 Å². The largest absolute Gasteiger partial charge is 0.396 e. The molecule has 0 aromatic rings. The van der Waals surface area contributed by atoms with Crippen molar-refractivity contribution in [3.8, 4) is 0 Å². The minimum absolute atomic E-state index is 0.0801. The van der Waals surface area contributed by atoms with E-state index in [9.17, 15) is 4.79 Å². The van der Waals surface area contributed by atoms with Gasteiger partial charge in [-0.3, -0.25) is 0 Å². The molecule has 0 aliphatic carbocycles. The maximum atomic E-state index is 10.2. The normalized spacial score (nSPS) is 36.4. The minimum atomic E-state index is -0.207. The molecule has 0 spiro atoms. The van der Waals surface area contributed by atoms with Crippen LogP contribution in [0.4, 0.5) is 0 Å². The number of hydrogen-bond donors (Lipinski definition) is 1. The average molecular weight is 223 g/mol. The highest BCUT2D eigenvalue weighted by Gasteiger charge is 2.46. The summed E-state index contributed by atoms with van der Waals surface area (Å²) in [5.74, 6) is 0. The van der Waals surface area contributed by atoms with Gasteiger partial charge in [-0.15, -0.1) is 0 Å². The molecule has 1 fully saturated rings. The fourth-order valence-electron chi connectivity index (χ4n) is 1.16. The highest BCUT2D eigenvalue weighted by molar-refractivity contribution is 9.09. The van der Waals surface area contributed by atoms with E-state index in [4.69, 9.17) is 9.84 Å². The Hall–Kier alpha value is 0.0700. The quantitative estimate of drug-likeness (QED) is 0.552. The first-order valence-corrected chi connectivity index (χ1v) is 4.63. The van der Waals surface area contributed by atoms with Gasteiger partial charge in [0.25, 0.3) is 0 Å². The van der Waals surface area contributed by atoms with Crippen molar-refractivity contribution in [2.24, 2.45) is 5.41 Å². The van der Waals surface area contributed by atoms with Crippen LogP contribution in [-0.4, -0.2) is 36.0 Å². The summed E-state index contributed by atoms with van der Waals surface area (Å²) >= 11 is 3.30. The Morgan fingerprint density at radius 3 is 2.82 bits per heavy atom. The van der Waals surface area contributed by atoms with E-state index in [0.717, 1.165) is 6.29 Å². The first-order valence-electron chi connectivity index (χ1n) is 3.51. The summed E-state index contributed by atoms with van der Waals surface area (Å²) in [6, 6.07) is 0. The van der Waals surface area contributed by atoms with Gasteiger partial charge in [0.05, 0.1) is 24.7 Å². The van der Waals surface area contributed by atoms with Crippen LogP contribution >= 0.6 is 15.9 Å². The summed E-state index contributed by atoms with van der Waals surface area (Å²) in [5, 5.41) is 9.70. The molecule has 1 heterocycles. The molecular weight excluding hydrogens is 212 g/mol. The summed E-state index contributed by atoms with van der Waals surface area (Å²) < 4.78 is 5.15. The van der Waals surface area contributed by atoms with Crippen molar-refractivity contribution in [3.63, 3.8) is 0 Å². The number of alkyl halides is 1. The maximum Gasteiger partial charge on any atom is 0.122 e. The van der Waals surface area contributed by atoms with E-state index in [-0.39, 0.29) is 18.1 Å². The van der Waals surface area contributed by atoms with Crippen LogP contribution in [0, 0.1) is 5.41 Å². The van der Waals surface area contributed by atoms with Crippen LogP contribution in [0.2, 0.25) is 0 Å². The highest BCUT2D eigenvalue weighted by atomic mass is 79.9. The molecule has 11 heavy (non-hydrogen) atoms. The Balaban J connectivity index is 2.49. The molecule has 1 rings (SSSR count). The molecule has 0 bridgehead atoms. The van der Waals surface area contributed by atoms with Crippen LogP contribution in [0.15, 0.2) is 0 Å². The van der Waals surface area contributed by atoms with E-state index in [2.05, 4.69) is 15.9 Å². The second-order valence-corrected chi connectivity index (χ2v) is 3.42. The maximum absolute atomic E-state index is 10.2. The molecule has 0 amide bonds. The summed E-state index contributed by atoms with van der Waals surface area (Å²) in [4.78, 5) is 10.2. The molecule has 0 aromatic carbocycles. The molecular formula is C7H11BrO3. The van der Waals surface area contributed by atoms with Crippen molar-refractivity contribution in [2.45, 2.75) is 12.5 Å². The van der Waals surface area contributed by atoms with Gasteiger partial charge in [0.15, 0.2) is 0 Å². The lowest BCUT2D eigenvalue weighted by molar-refractivity contribution is -0.191. The third-order valence-corrected chi connectivity index (χ3v) is 3.26. The zero-order chi connectivity index (χ0) is 8.32. The zero-order valence-corrected chi connectivity index (χ0v) is 7.71. The van der Waals surface area contributed by atoms with Crippen LogP contribution in [-0.2, 0) is 9.53 Å². The Bertz CT molecular complexity index is 139. The number of rotatable bonds is 4. The van der Waals surface area contributed by atoms with Crippen LogP contribution in [0.25, 0.3) is 0 Å². The van der Waals surface area contributed by atoms with Gasteiger partial charge in [0.1, 0.15) is 6.29 Å². The van der Waals surface area contributed by atoms with Crippen molar-refractivity contribution in [1.82, 2.24) is 0 Å².